The predicted molar refractivity (Wildman–Crippen MR) is 140 cm³/mol. The molecule has 0 spiro atoms. The van der Waals surface area contributed by atoms with Gasteiger partial charge in [0, 0.05) is 16.7 Å². The summed E-state index contributed by atoms with van der Waals surface area (Å²) in [6.07, 6.45) is 5.73. The fraction of sp³-hybridized carbons (Fsp3) is 0.333. The number of nitrogens with zero attached hydrogens (tertiary/aromatic N) is 1. The molecule has 0 radical (unpaired) electrons. The molecule has 0 fully saturated rings. The second-order valence-electron chi connectivity index (χ2n) is 7.96. The number of carbonyl (C=O) groups is 1. The standard InChI is InChI=1S/C27H30N2O5S/c1-5-34-20-12-8-7-11-19(20)29-26(30)23-18-10-6-9-13-22(18)35-27(23)28-16-17-14-15-21(31-2)25(33-4)24(17)32-3/h7-8,11-12,14-16H,5-6,9-10,13H2,1-4H3,(H,29,30). The van der Waals surface area contributed by atoms with Gasteiger partial charge in [-0.25, -0.2) is 4.99 Å². The number of aryl methyl sites for hydroxylation is 1. The molecule has 1 N–H and O–H groups in total. The van der Waals surface area contributed by atoms with E-state index in [1.807, 2.05) is 37.3 Å². The van der Waals surface area contributed by atoms with Gasteiger partial charge in [0.05, 0.1) is 39.2 Å². The number of hydrogen-bond acceptors (Lipinski definition) is 7. The number of carbonyl (C=O) groups excluding carboxylic acids is 1. The number of nitrogens with one attached hydrogen (secondary N) is 1. The third-order valence-corrected chi connectivity index (χ3v) is 7.07. The molecule has 0 atom stereocenters. The van der Waals surface area contributed by atoms with E-state index in [9.17, 15) is 4.79 Å². The van der Waals surface area contributed by atoms with Crippen molar-refractivity contribution < 1.29 is 23.7 Å². The molecule has 0 bridgehead atoms. The Labute approximate surface area is 209 Å². The van der Waals surface area contributed by atoms with Crippen LogP contribution >= 0.6 is 11.3 Å². The van der Waals surface area contributed by atoms with Gasteiger partial charge in [-0.2, -0.15) is 0 Å². The molecule has 1 aliphatic carbocycles. The summed E-state index contributed by atoms with van der Waals surface area (Å²) in [4.78, 5) is 19.5. The Bertz CT molecular complexity index is 1230. The first-order chi connectivity index (χ1) is 17.1. The molecule has 1 aliphatic rings. The molecule has 4 rings (SSSR count). The number of fused-ring (bicyclic) bond motifs is 1. The summed E-state index contributed by atoms with van der Waals surface area (Å²) in [5.41, 5.74) is 3.10. The maximum Gasteiger partial charge on any atom is 0.259 e. The lowest BCUT2D eigenvalue weighted by molar-refractivity contribution is 0.102. The van der Waals surface area contributed by atoms with Crippen molar-refractivity contribution in [3.63, 3.8) is 0 Å². The number of thiophene rings is 1. The number of para-hydroxylation sites is 2. The van der Waals surface area contributed by atoms with Crippen molar-refractivity contribution in [3.8, 4) is 23.0 Å². The highest BCUT2D eigenvalue weighted by Crippen LogP contribution is 2.42. The highest BCUT2D eigenvalue weighted by molar-refractivity contribution is 7.16. The van der Waals surface area contributed by atoms with E-state index in [1.54, 1.807) is 44.9 Å². The predicted octanol–water partition coefficient (Wildman–Crippen LogP) is 6.05. The van der Waals surface area contributed by atoms with Crippen LogP contribution in [0.4, 0.5) is 10.7 Å². The quantitative estimate of drug-likeness (QED) is 0.366. The number of benzene rings is 2. The van der Waals surface area contributed by atoms with Gasteiger partial charge in [0.15, 0.2) is 11.5 Å². The molecule has 0 unspecified atom stereocenters. The molecule has 0 saturated carbocycles. The number of methoxy groups -OCH3 is 3. The van der Waals surface area contributed by atoms with Crippen molar-refractivity contribution in [2.24, 2.45) is 4.99 Å². The van der Waals surface area contributed by atoms with Gasteiger partial charge in [0.1, 0.15) is 10.8 Å². The van der Waals surface area contributed by atoms with Gasteiger partial charge >= 0.3 is 0 Å². The SMILES string of the molecule is CCOc1ccccc1NC(=O)c1c(N=Cc2ccc(OC)c(OC)c2OC)sc2c1CCCC2. The molecule has 0 saturated heterocycles. The van der Waals surface area contributed by atoms with Crippen LogP contribution < -0.4 is 24.3 Å². The Kier molecular flexibility index (Phi) is 7.92. The molecule has 7 nitrogen and oxygen atoms in total. The van der Waals surface area contributed by atoms with Crippen LogP contribution in [0.3, 0.4) is 0 Å². The fourth-order valence-corrected chi connectivity index (χ4v) is 5.50. The van der Waals surface area contributed by atoms with Crippen molar-refractivity contribution in [1.82, 2.24) is 0 Å². The largest absolute Gasteiger partial charge is 0.493 e. The molecule has 8 heteroatoms. The molecule has 184 valence electrons. The van der Waals surface area contributed by atoms with Crippen LogP contribution in [0.2, 0.25) is 0 Å². The van der Waals surface area contributed by atoms with E-state index in [2.05, 4.69) is 5.32 Å². The highest BCUT2D eigenvalue weighted by Gasteiger charge is 2.26. The lowest BCUT2D eigenvalue weighted by atomic mass is 9.95. The van der Waals surface area contributed by atoms with E-state index in [1.165, 1.54) is 4.88 Å². The van der Waals surface area contributed by atoms with Crippen molar-refractivity contribution in [1.29, 1.82) is 0 Å². The molecule has 1 aromatic heterocycles. The van der Waals surface area contributed by atoms with Gasteiger partial charge in [-0.05, 0) is 62.4 Å². The van der Waals surface area contributed by atoms with Crippen molar-refractivity contribution in [3.05, 3.63) is 58.0 Å². The van der Waals surface area contributed by atoms with E-state index in [4.69, 9.17) is 23.9 Å². The third kappa shape index (κ3) is 5.12. The van der Waals surface area contributed by atoms with Crippen LogP contribution in [0.15, 0.2) is 41.4 Å². The van der Waals surface area contributed by atoms with Crippen molar-refractivity contribution in [2.75, 3.05) is 33.3 Å². The van der Waals surface area contributed by atoms with E-state index < -0.39 is 0 Å². The lowest BCUT2D eigenvalue weighted by Crippen LogP contribution is -2.15. The minimum absolute atomic E-state index is 0.178. The molecule has 1 heterocycles. The van der Waals surface area contributed by atoms with Gasteiger partial charge in [0.2, 0.25) is 5.75 Å². The molecular formula is C27H30N2O5S. The fourth-order valence-electron chi connectivity index (χ4n) is 4.27. The first-order valence-electron chi connectivity index (χ1n) is 11.6. The van der Waals surface area contributed by atoms with Crippen LogP contribution in [0.5, 0.6) is 23.0 Å². The Morgan fingerprint density at radius 3 is 2.51 bits per heavy atom. The van der Waals surface area contributed by atoms with E-state index in [0.717, 1.165) is 36.8 Å². The third-order valence-electron chi connectivity index (χ3n) is 5.87. The molecule has 2 aromatic carbocycles. The van der Waals surface area contributed by atoms with Crippen LogP contribution in [0.1, 0.15) is 46.1 Å². The number of hydrogen-bond donors (Lipinski definition) is 1. The maximum atomic E-state index is 13.5. The number of aliphatic imine (C=N–C) groups is 1. The van der Waals surface area contributed by atoms with E-state index >= 15 is 0 Å². The average molecular weight is 495 g/mol. The minimum atomic E-state index is -0.178. The lowest BCUT2D eigenvalue weighted by Gasteiger charge is -2.14. The smallest absolute Gasteiger partial charge is 0.259 e. The van der Waals surface area contributed by atoms with Gasteiger partial charge in [-0.3, -0.25) is 4.79 Å². The minimum Gasteiger partial charge on any atom is -0.493 e. The Balaban J connectivity index is 1.72. The summed E-state index contributed by atoms with van der Waals surface area (Å²) in [7, 11) is 4.72. The Morgan fingerprint density at radius 2 is 1.77 bits per heavy atom. The first-order valence-corrected chi connectivity index (χ1v) is 12.4. The highest BCUT2D eigenvalue weighted by atomic mass is 32.1. The molecule has 35 heavy (non-hydrogen) atoms. The Hall–Kier alpha value is -3.52. The Morgan fingerprint density at radius 1 is 1.00 bits per heavy atom. The van der Waals surface area contributed by atoms with Crippen LogP contribution in [-0.2, 0) is 12.8 Å². The number of amides is 1. The summed E-state index contributed by atoms with van der Waals surface area (Å²) >= 11 is 1.58. The normalized spacial score (nSPS) is 12.8. The second kappa shape index (κ2) is 11.3. The number of ether oxygens (including phenoxy) is 4. The van der Waals surface area contributed by atoms with Crippen LogP contribution in [-0.4, -0.2) is 40.1 Å². The van der Waals surface area contributed by atoms with Gasteiger partial charge in [0.25, 0.3) is 5.91 Å². The zero-order valence-corrected chi connectivity index (χ0v) is 21.3. The summed E-state index contributed by atoms with van der Waals surface area (Å²) in [6, 6.07) is 11.1. The van der Waals surface area contributed by atoms with Gasteiger partial charge < -0.3 is 24.3 Å². The summed E-state index contributed by atoms with van der Waals surface area (Å²) in [6.45, 7) is 2.44. The van der Waals surface area contributed by atoms with E-state index in [0.29, 0.717) is 45.9 Å². The molecule has 0 aliphatic heterocycles. The van der Waals surface area contributed by atoms with Crippen molar-refractivity contribution >= 4 is 34.1 Å². The maximum absolute atomic E-state index is 13.5. The summed E-state index contributed by atoms with van der Waals surface area (Å²) in [5, 5.41) is 3.73. The summed E-state index contributed by atoms with van der Waals surface area (Å²) in [5.74, 6) is 2.06. The zero-order valence-electron chi connectivity index (χ0n) is 20.5. The first kappa shape index (κ1) is 24.6. The number of anilines is 1. The second-order valence-corrected chi connectivity index (χ2v) is 9.04. The monoisotopic (exact) mass is 494 g/mol. The van der Waals surface area contributed by atoms with Gasteiger partial charge in [-0.15, -0.1) is 11.3 Å². The topological polar surface area (TPSA) is 78.4 Å². The van der Waals surface area contributed by atoms with Gasteiger partial charge in [-0.1, -0.05) is 12.1 Å². The average Bonchev–Trinajstić information content (AvgIpc) is 3.26. The summed E-state index contributed by atoms with van der Waals surface area (Å²) < 4.78 is 22.1. The number of rotatable bonds is 9. The molecular weight excluding hydrogens is 464 g/mol. The zero-order chi connectivity index (χ0) is 24.8. The van der Waals surface area contributed by atoms with Crippen molar-refractivity contribution in [2.45, 2.75) is 32.6 Å². The van der Waals surface area contributed by atoms with Crippen LogP contribution in [0.25, 0.3) is 0 Å². The van der Waals surface area contributed by atoms with E-state index in [-0.39, 0.29) is 5.91 Å². The van der Waals surface area contributed by atoms with Crippen LogP contribution in [0, 0.1) is 0 Å². The molecule has 1 amide bonds. The molecule has 3 aromatic rings.